The molecule has 1 aromatic carbocycles. The van der Waals surface area contributed by atoms with E-state index >= 15 is 0 Å². The minimum absolute atomic E-state index is 0.154. The molecular weight excluding hydrogens is 256 g/mol. The van der Waals surface area contributed by atoms with Crippen molar-refractivity contribution in [3.05, 3.63) is 34.9 Å². The van der Waals surface area contributed by atoms with Crippen molar-refractivity contribution in [1.29, 1.82) is 0 Å². The molecule has 1 rings (SSSR count). The average Bonchev–Trinajstić information content (AvgIpc) is 2.35. The van der Waals surface area contributed by atoms with Crippen LogP contribution in [-0.2, 0) is 4.74 Å². The van der Waals surface area contributed by atoms with Gasteiger partial charge < -0.3 is 15.2 Å². The molecule has 0 aliphatic heterocycles. The third-order valence-corrected chi connectivity index (χ3v) is 2.69. The molecule has 0 fully saturated rings. The second kappa shape index (κ2) is 7.16. The van der Waals surface area contributed by atoms with Gasteiger partial charge in [0.1, 0.15) is 17.2 Å². The Kier molecular flexibility index (Phi) is 5.85. The zero-order valence-corrected chi connectivity index (χ0v) is 10.9. The maximum Gasteiger partial charge on any atom is 0.257 e. The lowest BCUT2D eigenvalue weighted by atomic mass is 10.1. The van der Waals surface area contributed by atoms with E-state index in [9.17, 15) is 13.6 Å². The number of amides is 1. The Balaban J connectivity index is 2.91. The van der Waals surface area contributed by atoms with E-state index in [1.54, 1.807) is 0 Å². The summed E-state index contributed by atoms with van der Waals surface area (Å²) in [7, 11) is 1.43. The van der Waals surface area contributed by atoms with Gasteiger partial charge in [0.05, 0.1) is 12.6 Å². The van der Waals surface area contributed by atoms with Gasteiger partial charge >= 0.3 is 0 Å². The van der Waals surface area contributed by atoms with Crippen LogP contribution in [0.4, 0.5) is 8.78 Å². The zero-order valence-electron chi connectivity index (χ0n) is 10.9. The number of nitrogens with one attached hydrogen (secondary N) is 1. The lowest BCUT2D eigenvalue weighted by Gasteiger charge is -2.17. The van der Waals surface area contributed by atoms with Crippen molar-refractivity contribution in [3.8, 4) is 0 Å². The van der Waals surface area contributed by atoms with Crippen molar-refractivity contribution in [2.24, 2.45) is 0 Å². The van der Waals surface area contributed by atoms with E-state index in [1.807, 2.05) is 0 Å². The summed E-state index contributed by atoms with van der Waals surface area (Å²) >= 11 is 0. The molecule has 0 saturated carbocycles. The fraction of sp³-hybridized carbons (Fsp3) is 0.462. The highest BCUT2D eigenvalue weighted by Gasteiger charge is 2.21. The number of rotatable bonds is 6. The minimum atomic E-state index is -0.916. The van der Waals surface area contributed by atoms with Gasteiger partial charge in [0, 0.05) is 13.7 Å². The summed E-state index contributed by atoms with van der Waals surface area (Å²) in [5.74, 6) is -2.65. The van der Waals surface area contributed by atoms with E-state index in [2.05, 4.69) is 5.32 Å². The first kappa shape index (κ1) is 15.5. The van der Waals surface area contributed by atoms with Crippen LogP contribution in [0.15, 0.2) is 12.1 Å². The maximum absolute atomic E-state index is 13.8. The molecule has 106 valence electrons. The van der Waals surface area contributed by atoms with Crippen LogP contribution >= 0.6 is 0 Å². The fourth-order valence-corrected chi connectivity index (χ4v) is 1.68. The number of hydrogen-bond donors (Lipinski definition) is 2. The van der Waals surface area contributed by atoms with E-state index < -0.39 is 29.1 Å². The Hall–Kier alpha value is -1.53. The molecule has 4 nitrogen and oxygen atoms in total. The Morgan fingerprint density at radius 1 is 1.47 bits per heavy atom. The van der Waals surface area contributed by atoms with Gasteiger partial charge in [-0.1, -0.05) is 6.07 Å². The molecule has 1 atom stereocenters. The van der Waals surface area contributed by atoms with Crippen LogP contribution in [0.1, 0.15) is 22.3 Å². The van der Waals surface area contributed by atoms with Gasteiger partial charge in [-0.15, -0.1) is 0 Å². The van der Waals surface area contributed by atoms with Crippen molar-refractivity contribution in [2.75, 3.05) is 20.3 Å². The van der Waals surface area contributed by atoms with Crippen LogP contribution in [0.25, 0.3) is 0 Å². The van der Waals surface area contributed by atoms with Crippen molar-refractivity contribution >= 4 is 5.91 Å². The van der Waals surface area contributed by atoms with Crippen molar-refractivity contribution < 1.29 is 23.4 Å². The van der Waals surface area contributed by atoms with Gasteiger partial charge in [-0.2, -0.15) is 0 Å². The molecule has 0 aliphatic carbocycles. The number of carbonyl (C=O) groups is 1. The summed E-state index contributed by atoms with van der Waals surface area (Å²) in [6, 6.07) is 1.81. The van der Waals surface area contributed by atoms with Crippen molar-refractivity contribution in [3.63, 3.8) is 0 Å². The summed E-state index contributed by atoms with van der Waals surface area (Å²) in [6.45, 7) is 1.44. The first-order chi connectivity index (χ1) is 9.01. The van der Waals surface area contributed by atoms with Crippen LogP contribution in [-0.4, -0.2) is 37.4 Å². The highest BCUT2D eigenvalue weighted by atomic mass is 19.1. The molecule has 0 aliphatic rings. The number of aliphatic hydroxyl groups is 1. The molecule has 0 bridgehead atoms. The molecule has 0 spiro atoms. The lowest BCUT2D eigenvalue weighted by Crippen LogP contribution is -2.39. The SMILES string of the molecule is COCC(CCO)NC(=O)c1c(F)ccc(C)c1F. The first-order valence-corrected chi connectivity index (χ1v) is 5.86. The topological polar surface area (TPSA) is 58.6 Å². The predicted octanol–water partition coefficient (Wildman–Crippen LogP) is 1.40. The molecule has 0 aromatic heterocycles. The van der Waals surface area contributed by atoms with E-state index in [0.717, 1.165) is 6.07 Å². The predicted molar refractivity (Wildman–Crippen MR) is 65.9 cm³/mol. The third kappa shape index (κ3) is 3.97. The highest BCUT2D eigenvalue weighted by Crippen LogP contribution is 2.16. The van der Waals surface area contributed by atoms with Gasteiger partial charge in [0.2, 0.25) is 0 Å². The molecule has 2 N–H and O–H groups in total. The quantitative estimate of drug-likeness (QED) is 0.823. The second-order valence-electron chi connectivity index (χ2n) is 4.19. The summed E-state index contributed by atoms with van der Waals surface area (Å²) in [4.78, 5) is 11.9. The van der Waals surface area contributed by atoms with Gasteiger partial charge in [0.15, 0.2) is 0 Å². The highest BCUT2D eigenvalue weighted by molar-refractivity contribution is 5.95. The van der Waals surface area contributed by atoms with Crippen molar-refractivity contribution in [2.45, 2.75) is 19.4 Å². The van der Waals surface area contributed by atoms with Gasteiger partial charge in [-0.05, 0) is 25.0 Å². The van der Waals surface area contributed by atoms with Crippen LogP contribution in [0.3, 0.4) is 0 Å². The largest absolute Gasteiger partial charge is 0.396 e. The number of carbonyl (C=O) groups excluding carboxylic acids is 1. The van der Waals surface area contributed by atoms with E-state index in [-0.39, 0.29) is 25.2 Å². The summed E-state index contributed by atoms with van der Waals surface area (Å²) in [5, 5.41) is 11.3. The second-order valence-corrected chi connectivity index (χ2v) is 4.19. The molecule has 0 saturated heterocycles. The smallest absolute Gasteiger partial charge is 0.257 e. The summed E-state index contributed by atoms with van der Waals surface area (Å²) in [5.41, 5.74) is -0.420. The minimum Gasteiger partial charge on any atom is -0.396 e. The fourth-order valence-electron chi connectivity index (χ4n) is 1.68. The molecule has 1 aromatic rings. The van der Waals surface area contributed by atoms with Gasteiger partial charge in [-0.25, -0.2) is 8.78 Å². The number of aliphatic hydroxyl groups excluding tert-OH is 1. The van der Waals surface area contributed by atoms with Crippen molar-refractivity contribution in [1.82, 2.24) is 5.32 Å². The number of methoxy groups -OCH3 is 1. The Bertz CT molecular complexity index is 446. The summed E-state index contributed by atoms with van der Waals surface area (Å²) < 4.78 is 32.1. The maximum atomic E-state index is 13.8. The molecule has 1 amide bonds. The molecule has 0 radical (unpaired) electrons. The number of ether oxygens (including phenoxy) is 1. The van der Waals surface area contributed by atoms with E-state index in [0.29, 0.717) is 0 Å². The van der Waals surface area contributed by atoms with E-state index in [1.165, 1.54) is 20.1 Å². The van der Waals surface area contributed by atoms with E-state index in [4.69, 9.17) is 9.84 Å². The van der Waals surface area contributed by atoms with Gasteiger partial charge in [-0.3, -0.25) is 4.79 Å². The van der Waals surface area contributed by atoms with Crippen LogP contribution in [0.2, 0.25) is 0 Å². The average molecular weight is 273 g/mol. The van der Waals surface area contributed by atoms with Crippen LogP contribution < -0.4 is 5.32 Å². The number of benzene rings is 1. The molecule has 6 heteroatoms. The number of aryl methyl sites for hydroxylation is 1. The monoisotopic (exact) mass is 273 g/mol. The number of halogens is 2. The Morgan fingerprint density at radius 3 is 2.74 bits per heavy atom. The van der Waals surface area contributed by atoms with Crippen LogP contribution in [0, 0.1) is 18.6 Å². The van der Waals surface area contributed by atoms with Crippen LogP contribution in [0.5, 0.6) is 0 Å². The third-order valence-electron chi connectivity index (χ3n) is 2.69. The zero-order chi connectivity index (χ0) is 14.4. The lowest BCUT2D eigenvalue weighted by molar-refractivity contribution is 0.0870. The summed E-state index contributed by atoms with van der Waals surface area (Å²) in [6.07, 6.45) is 0.245. The Labute approximate surface area is 110 Å². The molecule has 19 heavy (non-hydrogen) atoms. The first-order valence-electron chi connectivity index (χ1n) is 5.86. The molecular formula is C13H17F2NO3. The van der Waals surface area contributed by atoms with Gasteiger partial charge in [0.25, 0.3) is 5.91 Å². The standard InChI is InChI=1S/C13H17F2NO3/c1-8-3-4-10(14)11(12(8)15)13(18)16-9(5-6-17)7-19-2/h3-4,9,17H,5-7H2,1-2H3,(H,16,18). The molecule has 0 heterocycles. The number of hydrogen-bond acceptors (Lipinski definition) is 3. The normalized spacial score (nSPS) is 12.3. The molecule has 1 unspecified atom stereocenters. The Morgan fingerprint density at radius 2 is 2.16 bits per heavy atom.